The third-order valence-corrected chi connectivity index (χ3v) is 4.77. The van der Waals surface area contributed by atoms with Crippen LogP contribution in [0.25, 0.3) is 0 Å². The molecule has 138 valence electrons. The first-order chi connectivity index (χ1) is 12.3. The maximum Gasteiger partial charge on any atom is 0.416 e. The van der Waals surface area contributed by atoms with Crippen molar-refractivity contribution < 1.29 is 23.1 Å². The van der Waals surface area contributed by atoms with Crippen molar-refractivity contribution in [2.45, 2.75) is 31.5 Å². The van der Waals surface area contributed by atoms with E-state index in [0.29, 0.717) is 18.7 Å². The number of carboxylic acids is 1. The molecule has 1 atom stereocenters. The summed E-state index contributed by atoms with van der Waals surface area (Å²) in [6.45, 7) is 2.11. The molecule has 0 aromatic heterocycles. The van der Waals surface area contributed by atoms with Gasteiger partial charge in [-0.15, -0.1) is 0 Å². The molecule has 1 saturated heterocycles. The summed E-state index contributed by atoms with van der Waals surface area (Å²) in [5, 5.41) is 9.09. The second-order valence-corrected chi connectivity index (χ2v) is 6.70. The molecule has 3 nitrogen and oxygen atoms in total. The van der Waals surface area contributed by atoms with Crippen molar-refractivity contribution in [3.63, 3.8) is 0 Å². The number of rotatable bonds is 4. The van der Waals surface area contributed by atoms with Gasteiger partial charge in [-0.2, -0.15) is 13.2 Å². The van der Waals surface area contributed by atoms with Crippen molar-refractivity contribution >= 4 is 5.97 Å². The molecular weight excluding hydrogens is 343 g/mol. The lowest BCUT2D eigenvalue weighted by molar-refractivity contribution is -0.137. The van der Waals surface area contributed by atoms with E-state index in [4.69, 9.17) is 5.11 Å². The van der Waals surface area contributed by atoms with Crippen molar-refractivity contribution in [1.82, 2.24) is 4.90 Å². The van der Waals surface area contributed by atoms with Gasteiger partial charge in [0.1, 0.15) is 0 Å². The Morgan fingerprint density at radius 1 is 1.15 bits per heavy atom. The van der Waals surface area contributed by atoms with Crippen LogP contribution in [0.1, 0.15) is 45.8 Å². The van der Waals surface area contributed by atoms with Gasteiger partial charge < -0.3 is 5.11 Å². The molecule has 1 fully saturated rings. The molecule has 26 heavy (non-hydrogen) atoms. The Labute approximate surface area is 150 Å². The smallest absolute Gasteiger partial charge is 0.416 e. The summed E-state index contributed by atoms with van der Waals surface area (Å²) in [5.41, 5.74) is 1.24. The zero-order valence-electron chi connectivity index (χ0n) is 14.2. The number of alkyl halides is 3. The molecule has 6 heteroatoms. The third-order valence-electron chi connectivity index (χ3n) is 4.77. The van der Waals surface area contributed by atoms with Gasteiger partial charge in [-0.3, -0.25) is 4.90 Å². The second kappa shape index (κ2) is 7.50. The molecule has 1 N–H and O–H groups in total. The quantitative estimate of drug-likeness (QED) is 0.850. The molecule has 1 aliphatic rings. The van der Waals surface area contributed by atoms with Gasteiger partial charge in [0.2, 0.25) is 0 Å². The minimum absolute atomic E-state index is 0.0497. The minimum Gasteiger partial charge on any atom is -0.478 e. The van der Waals surface area contributed by atoms with Crippen LogP contribution in [0.4, 0.5) is 13.2 Å². The van der Waals surface area contributed by atoms with Crippen molar-refractivity contribution in [3.8, 4) is 0 Å². The number of piperidine rings is 1. The lowest BCUT2D eigenvalue weighted by Gasteiger charge is -2.33. The van der Waals surface area contributed by atoms with Gasteiger partial charge in [0, 0.05) is 13.1 Å². The molecule has 0 spiro atoms. The van der Waals surface area contributed by atoms with Crippen LogP contribution in [-0.4, -0.2) is 29.1 Å². The molecule has 1 heterocycles. The van der Waals surface area contributed by atoms with E-state index in [-0.39, 0.29) is 11.5 Å². The number of aromatic carboxylic acids is 1. The van der Waals surface area contributed by atoms with Gasteiger partial charge in [-0.25, -0.2) is 4.79 Å². The maximum absolute atomic E-state index is 12.9. The number of carboxylic acid groups (broad SMARTS) is 1. The molecule has 0 bridgehead atoms. The van der Waals surface area contributed by atoms with Crippen molar-refractivity contribution in [1.29, 1.82) is 0 Å². The number of nitrogens with zero attached hydrogens (tertiary/aromatic N) is 1. The fourth-order valence-corrected chi connectivity index (χ4v) is 3.50. The molecule has 2 aromatic carbocycles. The van der Waals surface area contributed by atoms with E-state index >= 15 is 0 Å². The van der Waals surface area contributed by atoms with Gasteiger partial charge in [-0.1, -0.05) is 30.3 Å². The first-order valence-electron chi connectivity index (χ1n) is 8.54. The topological polar surface area (TPSA) is 40.5 Å². The minimum atomic E-state index is -4.33. The van der Waals surface area contributed by atoms with Gasteiger partial charge >= 0.3 is 12.1 Å². The normalized spacial score (nSPS) is 18.7. The zero-order chi connectivity index (χ0) is 18.7. The van der Waals surface area contributed by atoms with Gasteiger partial charge in [0.15, 0.2) is 0 Å². The Balaban J connectivity index is 1.72. The van der Waals surface area contributed by atoms with E-state index in [0.717, 1.165) is 31.0 Å². The van der Waals surface area contributed by atoms with Crippen molar-refractivity contribution in [2.75, 3.05) is 13.1 Å². The Morgan fingerprint density at radius 2 is 1.92 bits per heavy atom. The average molecular weight is 363 g/mol. The van der Waals surface area contributed by atoms with Crippen LogP contribution >= 0.6 is 0 Å². The maximum atomic E-state index is 12.9. The molecule has 2 aromatic rings. The highest BCUT2D eigenvalue weighted by Crippen LogP contribution is 2.33. The van der Waals surface area contributed by atoms with E-state index in [2.05, 4.69) is 4.90 Å². The fraction of sp³-hybridized carbons (Fsp3) is 0.350. The average Bonchev–Trinajstić information content (AvgIpc) is 2.61. The van der Waals surface area contributed by atoms with Crippen molar-refractivity contribution in [2.24, 2.45) is 0 Å². The Morgan fingerprint density at radius 3 is 2.65 bits per heavy atom. The Bertz CT molecular complexity index is 789. The number of hydrogen-bond acceptors (Lipinski definition) is 2. The Hall–Kier alpha value is -2.34. The van der Waals surface area contributed by atoms with Crippen LogP contribution in [-0.2, 0) is 12.7 Å². The van der Waals surface area contributed by atoms with Crippen LogP contribution in [0.3, 0.4) is 0 Å². The first-order valence-corrected chi connectivity index (χ1v) is 8.54. The summed E-state index contributed by atoms with van der Waals surface area (Å²) in [6, 6.07) is 12.4. The largest absolute Gasteiger partial charge is 0.478 e. The lowest BCUT2D eigenvalue weighted by Crippen LogP contribution is -2.34. The van der Waals surface area contributed by atoms with Gasteiger partial charge in [0.05, 0.1) is 11.1 Å². The molecular formula is C20H20F3NO2. The van der Waals surface area contributed by atoms with Gasteiger partial charge in [0.25, 0.3) is 0 Å². The molecule has 0 amide bonds. The summed E-state index contributed by atoms with van der Waals surface area (Å²) in [5.74, 6) is -0.916. The molecule has 0 radical (unpaired) electrons. The van der Waals surface area contributed by atoms with Crippen LogP contribution < -0.4 is 0 Å². The third kappa shape index (κ3) is 4.43. The van der Waals surface area contributed by atoms with E-state index in [9.17, 15) is 18.0 Å². The lowest BCUT2D eigenvalue weighted by atomic mass is 9.89. The number of carbonyl (C=O) groups is 1. The first kappa shape index (κ1) is 18.5. The number of benzene rings is 2. The number of halogens is 3. The number of hydrogen-bond donors (Lipinski definition) is 1. The molecule has 0 saturated carbocycles. The Kier molecular flexibility index (Phi) is 5.32. The summed E-state index contributed by atoms with van der Waals surface area (Å²) >= 11 is 0. The zero-order valence-corrected chi connectivity index (χ0v) is 14.2. The standard InChI is InChI=1S/C20H20F3NO2/c21-20(22,23)18-8-2-5-15(11-18)17-7-3-9-24(13-17)12-14-4-1-6-16(10-14)19(25)26/h1-2,4-6,8,10-11,17H,3,7,9,12-13H2,(H,25,26). The summed E-state index contributed by atoms with van der Waals surface area (Å²) in [4.78, 5) is 13.3. The van der Waals surface area contributed by atoms with Crippen LogP contribution in [0.2, 0.25) is 0 Å². The predicted octanol–water partition coefficient (Wildman–Crippen LogP) is 4.78. The van der Waals surface area contributed by atoms with E-state index in [1.165, 1.54) is 12.1 Å². The molecule has 1 aliphatic heterocycles. The molecule has 0 aliphatic carbocycles. The van der Waals surface area contributed by atoms with E-state index in [1.54, 1.807) is 24.3 Å². The van der Waals surface area contributed by atoms with E-state index < -0.39 is 17.7 Å². The highest BCUT2D eigenvalue weighted by Gasteiger charge is 2.31. The predicted molar refractivity (Wildman–Crippen MR) is 92.1 cm³/mol. The van der Waals surface area contributed by atoms with Crippen LogP contribution in [0, 0.1) is 0 Å². The number of likely N-dealkylation sites (tertiary alicyclic amines) is 1. The van der Waals surface area contributed by atoms with Crippen LogP contribution in [0.15, 0.2) is 48.5 Å². The summed E-state index contributed by atoms with van der Waals surface area (Å²) in [6.07, 6.45) is -2.58. The second-order valence-electron chi connectivity index (χ2n) is 6.70. The molecule has 3 rings (SSSR count). The monoisotopic (exact) mass is 363 g/mol. The summed E-state index contributed by atoms with van der Waals surface area (Å²) in [7, 11) is 0. The highest BCUT2D eigenvalue weighted by atomic mass is 19.4. The van der Waals surface area contributed by atoms with Gasteiger partial charge in [-0.05, 0) is 54.6 Å². The molecule has 1 unspecified atom stereocenters. The summed E-state index contributed by atoms with van der Waals surface area (Å²) < 4.78 is 38.8. The van der Waals surface area contributed by atoms with Crippen LogP contribution in [0.5, 0.6) is 0 Å². The highest BCUT2D eigenvalue weighted by molar-refractivity contribution is 5.87. The van der Waals surface area contributed by atoms with E-state index in [1.807, 2.05) is 6.07 Å². The fourth-order valence-electron chi connectivity index (χ4n) is 3.50. The van der Waals surface area contributed by atoms with Crippen molar-refractivity contribution in [3.05, 3.63) is 70.8 Å². The SMILES string of the molecule is O=C(O)c1cccc(CN2CCCC(c3cccc(C(F)(F)F)c3)C2)c1.